The number of unbranched alkanes of at least 4 members (excludes halogenated alkanes) is 12. The SMILES string of the molecule is CCCCCCCCCCCCC(CCCCCCC(C)O)S(=O)(=O)[O-].[K+]. The summed E-state index contributed by atoms with van der Waals surface area (Å²) in [6.45, 7) is 4.01. The van der Waals surface area contributed by atoms with Gasteiger partial charge in [0, 0.05) is 5.25 Å². The van der Waals surface area contributed by atoms with Crippen LogP contribution in [-0.2, 0) is 10.1 Å². The third kappa shape index (κ3) is 22.0. The molecule has 2 atom stereocenters. The molecule has 6 heteroatoms. The molecule has 0 heterocycles. The van der Waals surface area contributed by atoms with Crippen molar-refractivity contribution < 1.29 is 69.5 Å². The molecule has 0 spiro atoms. The van der Waals surface area contributed by atoms with Gasteiger partial charge >= 0.3 is 51.4 Å². The molecule has 0 aromatic carbocycles. The van der Waals surface area contributed by atoms with Crippen LogP contribution in [0.15, 0.2) is 0 Å². The van der Waals surface area contributed by atoms with E-state index in [-0.39, 0.29) is 57.5 Å². The summed E-state index contributed by atoms with van der Waals surface area (Å²) in [4.78, 5) is 0. The summed E-state index contributed by atoms with van der Waals surface area (Å²) in [5.41, 5.74) is 0. The fourth-order valence-electron chi connectivity index (χ4n) is 3.46. The molecule has 27 heavy (non-hydrogen) atoms. The molecule has 0 fully saturated rings. The molecule has 0 aromatic rings. The van der Waals surface area contributed by atoms with E-state index in [1.54, 1.807) is 6.92 Å². The van der Waals surface area contributed by atoms with Gasteiger partial charge in [-0.05, 0) is 26.2 Å². The van der Waals surface area contributed by atoms with Crippen molar-refractivity contribution in [3.8, 4) is 0 Å². The van der Waals surface area contributed by atoms with Crippen LogP contribution in [0.1, 0.15) is 123 Å². The summed E-state index contributed by atoms with van der Waals surface area (Å²) in [5.74, 6) is 0. The van der Waals surface area contributed by atoms with Crippen LogP contribution >= 0.6 is 0 Å². The third-order valence-electron chi connectivity index (χ3n) is 5.19. The Hall–Kier alpha value is 1.51. The van der Waals surface area contributed by atoms with Gasteiger partial charge in [0.2, 0.25) is 0 Å². The van der Waals surface area contributed by atoms with Crippen LogP contribution in [0.4, 0.5) is 0 Å². The molecule has 1 N–H and O–H groups in total. The van der Waals surface area contributed by atoms with Gasteiger partial charge in [0.05, 0.1) is 16.2 Å². The second-order valence-corrected chi connectivity index (χ2v) is 9.58. The summed E-state index contributed by atoms with van der Waals surface area (Å²) in [6.07, 6.45) is 17.4. The Morgan fingerprint density at radius 1 is 0.704 bits per heavy atom. The standard InChI is InChI=1S/C21H44O4S.K/c1-3-4-5-6-7-8-9-10-11-15-18-21(26(23,24)25)19-16-13-12-14-17-20(2)22;/h20-22H,3-19H2,1-2H3,(H,23,24,25);/q;+1/p-1. The topological polar surface area (TPSA) is 77.4 Å². The second-order valence-electron chi connectivity index (χ2n) is 7.93. The van der Waals surface area contributed by atoms with Crippen molar-refractivity contribution in [2.45, 2.75) is 134 Å². The first-order valence-corrected chi connectivity index (χ1v) is 12.5. The summed E-state index contributed by atoms with van der Waals surface area (Å²) >= 11 is 0. The molecule has 0 amide bonds. The van der Waals surface area contributed by atoms with E-state index >= 15 is 0 Å². The van der Waals surface area contributed by atoms with Crippen LogP contribution in [0, 0.1) is 0 Å². The average molecular weight is 431 g/mol. The smallest absolute Gasteiger partial charge is 0.748 e. The third-order valence-corrected chi connectivity index (χ3v) is 6.47. The minimum absolute atomic E-state index is 0. The van der Waals surface area contributed by atoms with Crippen molar-refractivity contribution in [2.24, 2.45) is 0 Å². The Morgan fingerprint density at radius 2 is 1.04 bits per heavy atom. The molecule has 0 aliphatic rings. The van der Waals surface area contributed by atoms with Crippen LogP contribution in [0.25, 0.3) is 0 Å². The number of rotatable bonds is 19. The fourth-order valence-corrected chi connectivity index (χ4v) is 4.37. The predicted octanol–water partition coefficient (Wildman–Crippen LogP) is 2.94. The van der Waals surface area contributed by atoms with E-state index in [9.17, 15) is 18.1 Å². The van der Waals surface area contributed by atoms with Gasteiger partial charge in [-0.1, -0.05) is 96.8 Å². The molecule has 2 unspecified atom stereocenters. The molecular weight excluding hydrogens is 387 g/mol. The van der Waals surface area contributed by atoms with Crippen molar-refractivity contribution in [1.82, 2.24) is 0 Å². The Morgan fingerprint density at radius 3 is 1.37 bits per heavy atom. The zero-order chi connectivity index (χ0) is 19.7. The summed E-state index contributed by atoms with van der Waals surface area (Å²) in [7, 11) is -4.17. The van der Waals surface area contributed by atoms with E-state index in [0.29, 0.717) is 12.8 Å². The van der Waals surface area contributed by atoms with Crippen LogP contribution in [0.5, 0.6) is 0 Å². The minimum atomic E-state index is -4.17. The van der Waals surface area contributed by atoms with Crippen molar-refractivity contribution >= 4 is 10.1 Å². The van der Waals surface area contributed by atoms with E-state index in [0.717, 1.165) is 51.4 Å². The molecule has 0 radical (unpaired) electrons. The Balaban J connectivity index is 0. The first-order chi connectivity index (χ1) is 12.4. The van der Waals surface area contributed by atoms with Crippen LogP contribution < -0.4 is 51.4 Å². The minimum Gasteiger partial charge on any atom is -0.748 e. The van der Waals surface area contributed by atoms with Gasteiger partial charge in [-0.2, -0.15) is 0 Å². The molecule has 0 aliphatic carbocycles. The molecular formula is C21H43KO4S. The Kier molecular flexibility index (Phi) is 23.6. The molecule has 0 bridgehead atoms. The van der Waals surface area contributed by atoms with Gasteiger partial charge in [-0.3, -0.25) is 0 Å². The van der Waals surface area contributed by atoms with Crippen LogP contribution in [-0.4, -0.2) is 29.4 Å². The Labute approximate surface area is 211 Å². The molecule has 0 saturated carbocycles. The summed E-state index contributed by atoms with van der Waals surface area (Å²) in [6, 6.07) is 0. The number of hydrogen-bond acceptors (Lipinski definition) is 4. The second kappa shape index (κ2) is 20.8. The van der Waals surface area contributed by atoms with Gasteiger partial charge in [-0.25, -0.2) is 8.42 Å². The molecule has 0 aromatic heterocycles. The fraction of sp³-hybridized carbons (Fsp3) is 1.00. The quantitative estimate of drug-likeness (QED) is 0.194. The number of hydrogen-bond donors (Lipinski definition) is 1. The van der Waals surface area contributed by atoms with Gasteiger partial charge in [0.1, 0.15) is 0 Å². The van der Waals surface area contributed by atoms with Gasteiger partial charge in [-0.15, -0.1) is 0 Å². The van der Waals surface area contributed by atoms with E-state index in [1.165, 1.54) is 44.9 Å². The van der Waals surface area contributed by atoms with Crippen molar-refractivity contribution in [2.75, 3.05) is 0 Å². The largest absolute Gasteiger partial charge is 1.00 e. The molecule has 4 nitrogen and oxygen atoms in total. The van der Waals surface area contributed by atoms with E-state index in [4.69, 9.17) is 0 Å². The van der Waals surface area contributed by atoms with E-state index < -0.39 is 15.4 Å². The van der Waals surface area contributed by atoms with E-state index in [1.807, 2.05) is 0 Å². The first kappa shape index (κ1) is 30.7. The molecule has 158 valence electrons. The van der Waals surface area contributed by atoms with Crippen molar-refractivity contribution in [3.05, 3.63) is 0 Å². The normalized spacial score (nSPS) is 13.9. The monoisotopic (exact) mass is 430 g/mol. The van der Waals surface area contributed by atoms with Crippen molar-refractivity contribution in [3.63, 3.8) is 0 Å². The van der Waals surface area contributed by atoms with Gasteiger partial charge in [0.25, 0.3) is 0 Å². The van der Waals surface area contributed by atoms with Gasteiger partial charge in [0.15, 0.2) is 0 Å². The van der Waals surface area contributed by atoms with Crippen LogP contribution in [0.2, 0.25) is 0 Å². The molecule has 0 rings (SSSR count). The van der Waals surface area contributed by atoms with Crippen molar-refractivity contribution in [1.29, 1.82) is 0 Å². The first-order valence-electron chi connectivity index (χ1n) is 11.0. The number of aliphatic hydroxyl groups excluding tert-OH is 1. The Bertz CT molecular complexity index is 399. The maximum atomic E-state index is 11.4. The predicted molar refractivity (Wildman–Crippen MR) is 109 cm³/mol. The maximum Gasteiger partial charge on any atom is 1.00 e. The maximum absolute atomic E-state index is 11.4. The number of aliphatic hydroxyl groups is 1. The van der Waals surface area contributed by atoms with E-state index in [2.05, 4.69) is 6.92 Å². The molecule has 0 saturated heterocycles. The summed E-state index contributed by atoms with van der Waals surface area (Å²) < 4.78 is 34.3. The zero-order valence-electron chi connectivity index (χ0n) is 18.3. The average Bonchev–Trinajstić information content (AvgIpc) is 2.56. The van der Waals surface area contributed by atoms with Gasteiger partial charge < -0.3 is 9.66 Å². The zero-order valence-corrected chi connectivity index (χ0v) is 22.2. The van der Waals surface area contributed by atoms with Crippen LogP contribution in [0.3, 0.4) is 0 Å². The molecule has 0 aliphatic heterocycles. The summed E-state index contributed by atoms with van der Waals surface area (Å²) in [5, 5.41) is 8.51.